The highest BCUT2D eigenvalue weighted by molar-refractivity contribution is 7.32. The summed E-state index contributed by atoms with van der Waals surface area (Å²) in [6, 6.07) is 0. The first-order valence-electron chi connectivity index (χ1n) is 6.13. The summed E-state index contributed by atoms with van der Waals surface area (Å²) in [6.45, 7) is 0.988. The maximum Gasteiger partial charge on any atom is 0.694 e. The van der Waals surface area contributed by atoms with Crippen molar-refractivity contribution >= 4 is 14.2 Å². The quantitative estimate of drug-likeness (QED) is 0.498. The molecule has 5 nitrogen and oxygen atoms in total. The lowest BCUT2D eigenvalue weighted by Gasteiger charge is -2.05. The van der Waals surface area contributed by atoms with E-state index in [1.54, 1.807) is 0 Å². The third kappa shape index (κ3) is 6.64. The Morgan fingerprint density at radius 2 is 2.17 bits per heavy atom. The largest absolute Gasteiger partial charge is 0.694 e. The second-order valence-corrected chi connectivity index (χ2v) is 4.80. The Bertz CT molecular complexity index is 352. The summed E-state index contributed by atoms with van der Waals surface area (Å²) >= 11 is 0. The SMILES string of the molecule is O=C(NCCCCCCO[P+](=O)O)C1=CC=CC1. The minimum atomic E-state index is -2.46. The Labute approximate surface area is 108 Å². The number of rotatable bonds is 9. The van der Waals surface area contributed by atoms with Gasteiger partial charge in [0.05, 0.1) is 0 Å². The van der Waals surface area contributed by atoms with Gasteiger partial charge in [-0.05, 0) is 19.3 Å². The molecule has 0 heterocycles. The summed E-state index contributed by atoms with van der Waals surface area (Å²) in [5.41, 5.74) is 0.815. The van der Waals surface area contributed by atoms with Gasteiger partial charge in [0.15, 0.2) is 0 Å². The van der Waals surface area contributed by atoms with Crippen LogP contribution in [0.5, 0.6) is 0 Å². The van der Waals surface area contributed by atoms with Crippen LogP contribution < -0.4 is 5.32 Å². The molecule has 0 radical (unpaired) electrons. The van der Waals surface area contributed by atoms with Gasteiger partial charge in [-0.3, -0.25) is 4.79 Å². The zero-order valence-electron chi connectivity index (χ0n) is 10.3. The lowest BCUT2D eigenvalue weighted by Crippen LogP contribution is -2.25. The number of hydrogen-bond donors (Lipinski definition) is 2. The van der Waals surface area contributed by atoms with E-state index in [1.165, 1.54) is 0 Å². The third-order valence-electron chi connectivity index (χ3n) is 2.62. The van der Waals surface area contributed by atoms with Gasteiger partial charge in [-0.2, -0.15) is 0 Å². The summed E-state index contributed by atoms with van der Waals surface area (Å²) in [6.07, 6.45) is 10.0. The molecule has 0 aromatic rings. The van der Waals surface area contributed by atoms with Gasteiger partial charge in [-0.1, -0.05) is 31.1 Å². The van der Waals surface area contributed by atoms with Crippen molar-refractivity contribution in [1.82, 2.24) is 5.32 Å². The van der Waals surface area contributed by atoms with Crippen LogP contribution in [0.1, 0.15) is 32.1 Å². The fourth-order valence-electron chi connectivity index (χ4n) is 1.65. The van der Waals surface area contributed by atoms with Crippen LogP contribution in [0.4, 0.5) is 0 Å². The van der Waals surface area contributed by atoms with Crippen LogP contribution in [0, 0.1) is 0 Å². The Balaban J connectivity index is 1.89. The number of carbonyl (C=O) groups is 1. The average Bonchev–Trinajstić information content (AvgIpc) is 2.85. The molecule has 1 aliphatic carbocycles. The molecule has 0 bridgehead atoms. The molecule has 0 saturated carbocycles. The molecule has 0 aliphatic heterocycles. The van der Waals surface area contributed by atoms with Crippen molar-refractivity contribution in [2.45, 2.75) is 32.1 Å². The number of unbranched alkanes of at least 4 members (excludes halogenated alkanes) is 3. The van der Waals surface area contributed by atoms with Crippen molar-refractivity contribution in [3.05, 3.63) is 23.8 Å². The van der Waals surface area contributed by atoms with E-state index in [9.17, 15) is 9.36 Å². The van der Waals surface area contributed by atoms with E-state index in [4.69, 9.17) is 4.89 Å². The van der Waals surface area contributed by atoms with Crippen molar-refractivity contribution in [3.63, 3.8) is 0 Å². The summed E-state index contributed by atoms with van der Waals surface area (Å²) in [5.74, 6) is 0.0145. The molecule has 0 fully saturated rings. The third-order valence-corrected chi connectivity index (χ3v) is 3.02. The molecule has 6 heteroatoms. The van der Waals surface area contributed by atoms with Crippen molar-refractivity contribution in [2.24, 2.45) is 0 Å². The topological polar surface area (TPSA) is 75.6 Å². The average molecular weight is 272 g/mol. The molecule has 1 amide bonds. The maximum absolute atomic E-state index is 11.6. The maximum atomic E-state index is 11.6. The monoisotopic (exact) mass is 272 g/mol. The first kappa shape index (κ1) is 15.0. The highest BCUT2D eigenvalue weighted by Gasteiger charge is 2.10. The first-order chi connectivity index (χ1) is 8.70. The van der Waals surface area contributed by atoms with Gasteiger partial charge in [0.25, 0.3) is 0 Å². The van der Waals surface area contributed by atoms with Gasteiger partial charge in [0.1, 0.15) is 6.61 Å². The fraction of sp³-hybridized carbons (Fsp3) is 0.583. The Hall–Kier alpha value is -1.03. The molecule has 18 heavy (non-hydrogen) atoms. The summed E-state index contributed by atoms with van der Waals surface area (Å²) in [5, 5.41) is 2.87. The second-order valence-electron chi connectivity index (χ2n) is 4.07. The first-order valence-corrected chi connectivity index (χ1v) is 7.26. The van der Waals surface area contributed by atoms with Gasteiger partial charge in [-0.25, -0.2) is 0 Å². The van der Waals surface area contributed by atoms with E-state index in [0.717, 1.165) is 37.7 Å². The van der Waals surface area contributed by atoms with Gasteiger partial charge in [0.2, 0.25) is 5.91 Å². The van der Waals surface area contributed by atoms with Gasteiger partial charge >= 0.3 is 8.25 Å². The molecular formula is C12H19NO4P+. The highest BCUT2D eigenvalue weighted by atomic mass is 31.1. The Morgan fingerprint density at radius 1 is 1.39 bits per heavy atom. The van der Waals surface area contributed by atoms with Crippen molar-refractivity contribution in [3.8, 4) is 0 Å². The summed E-state index contributed by atoms with van der Waals surface area (Å²) < 4.78 is 14.7. The van der Waals surface area contributed by atoms with Crippen LogP contribution in [0.25, 0.3) is 0 Å². The minimum Gasteiger partial charge on any atom is -0.352 e. The standard InChI is InChI=1S/C12H18NO4P/c14-12(11-7-3-4-8-11)13-9-5-1-2-6-10-17-18(15)16/h3-4,7H,1-2,5-6,8-10H2,(H-,13,14,15,16)/p+1. The van der Waals surface area contributed by atoms with Gasteiger partial charge in [0, 0.05) is 16.7 Å². The predicted octanol–water partition coefficient (Wildman–Crippen LogP) is 2.22. The molecular weight excluding hydrogens is 253 g/mol. The van der Waals surface area contributed by atoms with Crippen molar-refractivity contribution in [1.29, 1.82) is 0 Å². The number of carbonyl (C=O) groups excluding carboxylic acids is 1. The van der Waals surface area contributed by atoms with E-state index in [-0.39, 0.29) is 5.91 Å². The van der Waals surface area contributed by atoms with E-state index in [2.05, 4.69) is 9.84 Å². The number of allylic oxidation sites excluding steroid dienone is 3. The van der Waals surface area contributed by atoms with E-state index in [1.807, 2.05) is 18.2 Å². The zero-order chi connectivity index (χ0) is 13.2. The second kappa shape index (κ2) is 8.97. The smallest absolute Gasteiger partial charge is 0.352 e. The lowest BCUT2D eigenvalue weighted by molar-refractivity contribution is -0.117. The molecule has 0 aromatic heterocycles. The normalized spacial score (nSPS) is 14.5. The number of amides is 1. The van der Waals surface area contributed by atoms with Crippen LogP contribution in [-0.2, 0) is 13.9 Å². The molecule has 0 saturated heterocycles. The molecule has 0 aromatic carbocycles. The Morgan fingerprint density at radius 3 is 2.83 bits per heavy atom. The van der Waals surface area contributed by atoms with Crippen molar-refractivity contribution < 1.29 is 18.8 Å². The van der Waals surface area contributed by atoms with E-state index >= 15 is 0 Å². The summed E-state index contributed by atoms with van der Waals surface area (Å²) in [7, 11) is -2.46. The van der Waals surface area contributed by atoms with Crippen molar-refractivity contribution in [2.75, 3.05) is 13.2 Å². The van der Waals surface area contributed by atoms with Crippen LogP contribution in [0.3, 0.4) is 0 Å². The van der Waals surface area contributed by atoms with Gasteiger partial charge < -0.3 is 5.32 Å². The minimum absolute atomic E-state index is 0.0145. The molecule has 1 atom stereocenters. The zero-order valence-corrected chi connectivity index (χ0v) is 11.2. The molecule has 1 aliphatic rings. The van der Waals surface area contributed by atoms with E-state index < -0.39 is 8.25 Å². The molecule has 100 valence electrons. The predicted molar refractivity (Wildman–Crippen MR) is 69.1 cm³/mol. The molecule has 1 unspecified atom stereocenters. The van der Waals surface area contributed by atoms with Crippen LogP contribution in [0.15, 0.2) is 23.8 Å². The van der Waals surface area contributed by atoms with E-state index in [0.29, 0.717) is 13.2 Å². The number of nitrogens with one attached hydrogen (secondary N) is 1. The van der Waals surface area contributed by atoms with Gasteiger partial charge in [-0.15, -0.1) is 9.42 Å². The molecule has 0 spiro atoms. The number of hydrogen-bond acceptors (Lipinski definition) is 3. The molecule has 1 rings (SSSR count). The highest BCUT2D eigenvalue weighted by Crippen LogP contribution is 2.15. The van der Waals surface area contributed by atoms with Crippen LogP contribution in [-0.4, -0.2) is 24.0 Å². The molecule has 2 N–H and O–H groups in total. The van der Waals surface area contributed by atoms with Crippen LogP contribution in [0.2, 0.25) is 0 Å². The Kier molecular flexibility index (Phi) is 7.49. The lowest BCUT2D eigenvalue weighted by atomic mass is 10.2. The fourth-order valence-corrected chi connectivity index (χ4v) is 1.94. The van der Waals surface area contributed by atoms with Crippen LogP contribution >= 0.6 is 8.25 Å². The summed E-state index contributed by atoms with van der Waals surface area (Å²) in [4.78, 5) is 19.9.